The molecule has 3 N–H and O–H groups in total. The molecule has 6 heteroatoms. The number of hydrogen-bond acceptors (Lipinski definition) is 3. The predicted octanol–water partition coefficient (Wildman–Crippen LogP) is 3.38. The van der Waals surface area contributed by atoms with E-state index in [1.54, 1.807) is 24.5 Å². The van der Waals surface area contributed by atoms with E-state index in [0.29, 0.717) is 12.0 Å². The summed E-state index contributed by atoms with van der Waals surface area (Å²) in [5, 5.41) is 0.112. The summed E-state index contributed by atoms with van der Waals surface area (Å²) in [4.78, 5) is 4.07. The van der Waals surface area contributed by atoms with Gasteiger partial charge in [-0.15, -0.1) is 0 Å². The zero-order valence-corrected chi connectivity index (χ0v) is 12.2. The molecule has 1 aromatic heterocycles. The van der Waals surface area contributed by atoms with Crippen LogP contribution in [0.15, 0.2) is 41.1 Å². The minimum Gasteiger partial charge on any atom is -0.271 e. The molecule has 0 radical (unpaired) electrons. The SMILES string of the molecule is NNC(Cc1cccc(Cl)c1F)c1cncc(Br)c1. The highest BCUT2D eigenvalue weighted by molar-refractivity contribution is 9.10. The minimum absolute atomic E-state index is 0.112. The number of pyridine rings is 1. The zero-order chi connectivity index (χ0) is 13.8. The lowest BCUT2D eigenvalue weighted by molar-refractivity contribution is 0.528. The average Bonchev–Trinajstić information content (AvgIpc) is 2.40. The standard InChI is InChI=1S/C13H12BrClFN3/c14-10-4-9(6-18-7-10)12(19-17)5-8-2-1-3-11(15)13(8)16/h1-4,6-7,12,19H,5,17H2. The number of nitrogens with one attached hydrogen (secondary N) is 1. The molecule has 0 bridgehead atoms. The summed E-state index contributed by atoms with van der Waals surface area (Å²) >= 11 is 9.11. The molecule has 1 aromatic carbocycles. The molecule has 1 heterocycles. The first kappa shape index (κ1) is 14.4. The number of rotatable bonds is 4. The summed E-state index contributed by atoms with van der Waals surface area (Å²) in [5.74, 6) is 5.13. The van der Waals surface area contributed by atoms with E-state index in [2.05, 4.69) is 26.3 Å². The van der Waals surface area contributed by atoms with Crippen LogP contribution in [0.3, 0.4) is 0 Å². The summed E-state index contributed by atoms with van der Waals surface area (Å²) < 4.78 is 14.7. The van der Waals surface area contributed by atoms with Crippen LogP contribution in [0.25, 0.3) is 0 Å². The van der Waals surface area contributed by atoms with Gasteiger partial charge in [0.05, 0.1) is 11.1 Å². The average molecular weight is 345 g/mol. The van der Waals surface area contributed by atoms with Gasteiger partial charge in [0.1, 0.15) is 5.82 Å². The van der Waals surface area contributed by atoms with Crippen molar-refractivity contribution in [2.24, 2.45) is 5.84 Å². The van der Waals surface area contributed by atoms with Gasteiger partial charge >= 0.3 is 0 Å². The molecule has 1 unspecified atom stereocenters. The molecule has 0 saturated carbocycles. The Bertz CT molecular complexity index is 580. The molecule has 0 amide bonds. The minimum atomic E-state index is -0.410. The lowest BCUT2D eigenvalue weighted by Crippen LogP contribution is -2.30. The Labute approximate surface area is 124 Å². The summed E-state index contributed by atoms with van der Waals surface area (Å²) in [6.45, 7) is 0. The maximum Gasteiger partial charge on any atom is 0.145 e. The Morgan fingerprint density at radius 1 is 1.42 bits per heavy atom. The van der Waals surface area contributed by atoms with Crippen LogP contribution in [-0.4, -0.2) is 4.98 Å². The molecule has 19 heavy (non-hydrogen) atoms. The van der Waals surface area contributed by atoms with Crippen molar-refractivity contribution < 1.29 is 4.39 Å². The quantitative estimate of drug-likeness (QED) is 0.660. The Hall–Kier alpha value is -1.01. The Morgan fingerprint density at radius 3 is 2.89 bits per heavy atom. The summed E-state index contributed by atoms with van der Waals surface area (Å²) in [6.07, 6.45) is 3.76. The number of aromatic nitrogens is 1. The molecule has 100 valence electrons. The van der Waals surface area contributed by atoms with E-state index in [1.807, 2.05) is 6.07 Å². The third-order valence-electron chi connectivity index (χ3n) is 2.79. The summed E-state index contributed by atoms with van der Waals surface area (Å²) in [6, 6.07) is 6.58. The molecule has 0 spiro atoms. The van der Waals surface area contributed by atoms with Crippen LogP contribution in [0.4, 0.5) is 4.39 Å². The smallest absolute Gasteiger partial charge is 0.145 e. The molecule has 3 nitrogen and oxygen atoms in total. The first-order valence-electron chi connectivity index (χ1n) is 5.61. The van der Waals surface area contributed by atoms with Gasteiger partial charge in [0.15, 0.2) is 0 Å². The second kappa shape index (κ2) is 6.43. The molecular formula is C13H12BrClFN3. The van der Waals surface area contributed by atoms with Gasteiger partial charge < -0.3 is 0 Å². The number of hydrazine groups is 1. The highest BCUT2D eigenvalue weighted by atomic mass is 79.9. The van der Waals surface area contributed by atoms with Crippen LogP contribution >= 0.6 is 27.5 Å². The summed E-state index contributed by atoms with van der Waals surface area (Å²) in [7, 11) is 0. The molecular weight excluding hydrogens is 333 g/mol. The highest BCUT2D eigenvalue weighted by Crippen LogP contribution is 2.24. The first-order chi connectivity index (χ1) is 9.11. The van der Waals surface area contributed by atoms with E-state index < -0.39 is 5.82 Å². The first-order valence-corrected chi connectivity index (χ1v) is 6.78. The number of nitrogens with two attached hydrogens (primary N) is 1. The Kier molecular flexibility index (Phi) is 4.87. The van der Waals surface area contributed by atoms with Gasteiger partial charge in [0.25, 0.3) is 0 Å². The second-order valence-electron chi connectivity index (χ2n) is 4.07. The van der Waals surface area contributed by atoms with Gasteiger partial charge in [-0.25, -0.2) is 4.39 Å². The van der Waals surface area contributed by atoms with Crippen molar-refractivity contribution >= 4 is 27.5 Å². The van der Waals surface area contributed by atoms with E-state index in [9.17, 15) is 4.39 Å². The van der Waals surface area contributed by atoms with Crippen LogP contribution in [0, 0.1) is 5.82 Å². The van der Waals surface area contributed by atoms with Crippen LogP contribution in [0.5, 0.6) is 0 Å². The number of hydrogen-bond donors (Lipinski definition) is 2. The summed E-state index contributed by atoms with van der Waals surface area (Å²) in [5.41, 5.74) is 4.05. The second-order valence-corrected chi connectivity index (χ2v) is 5.40. The molecule has 2 rings (SSSR count). The predicted molar refractivity (Wildman–Crippen MR) is 77.1 cm³/mol. The van der Waals surface area contributed by atoms with Crippen molar-refractivity contribution in [2.45, 2.75) is 12.5 Å². The highest BCUT2D eigenvalue weighted by Gasteiger charge is 2.15. The van der Waals surface area contributed by atoms with Crippen molar-refractivity contribution in [3.63, 3.8) is 0 Å². The third kappa shape index (κ3) is 3.51. The van der Waals surface area contributed by atoms with Gasteiger partial charge in [-0.1, -0.05) is 23.7 Å². The number of nitrogens with zero attached hydrogens (tertiary/aromatic N) is 1. The van der Waals surface area contributed by atoms with E-state index in [-0.39, 0.29) is 11.1 Å². The van der Waals surface area contributed by atoms with Crippen LogP contribution < -0.4 is 11.3 Å². The fourth-order valence-electron chi connectivity index (χ4n) is 1.82. The van der Waals surface area contributed by atoms with Crippen LogP contribution in [0.2, 0.25) is 5.02 Å². The van der Waals surface area contributed by atoms with E-state index in [4.69, 9.17) is 17.4 Å². The van der Waals surface area contributed by atoms with Crippen molar-refractivity contribution in [3.8, 4) is 0 Å². The van der Waals surface area contributed by atoms with Crippen molar-refractivity contribution in [1.82, 2.24) is 10.4 Å². The van der Waals surface area contributed by atoms with Crippen molar-refractivity contribution in [2.75, 3.05) is 0 Å². The maximum absolute atomic E-state index is 13.9. The molecule has 0 fully saturated rings. The topological polar surface area (TPSA) is 50.9 Å². The Balaban J connectivity index is 2.26. The number of benzene rings is 1. The molecule has 1 atom stereocenters. The fraction of sp³-hybridized carbons (Fsp3) is 0.154. The third-order valence-corrected chi connectivity index (χ3v) is 3.51. The van der Waals surface area contributed by atoms with Crippen molar-refractivity contribution in [3.05, 3.63) is 63.1 Å². The van der Waals surface area contributed by atoms with Crippen molar-refractivity contribution in [1.29, 1.82) is 0 Å². The van der Waals surface area contributed by atoms with Gasteiger partial charge in [-0.3, -0.25) is 16.3 Å². The number of halogens is 3. The van der Waals surface area contributed by atoms with E-state index >= 15 is 0 Å². The normalized spacial score (nSPS) is 12.4. The maximum atomic E-state index is 13.9. The van der Waals surface area contributed by atoms with Gasteiger partial charge in [-0.05, 0) is 45.6 Å². The fourth-order valence-corrected chi connectivity index (χ4v) is 2.39. The molecule has 0 saturated heterocycles. The van der Waals surface area contributed by atoms with Gasteiger partial charge in [0, 0.05) is 16.9 Å². The lowest BCUT2D eigenvalue weighted by Gasteiger charge is -2.17. The van der Waals surface area contributed by atoms with Crippen LogP contribution in [0.1, 0.15) is 17.2 Å². The van der Waals surface area contributed by atoms with E-state index in [1.165, 1.54) is 6.07 Å². The molecule has 0 aliphatic heterocycles. The van der Waals surface area contributed by atoms with E-state index in [0.717, 1.165) is 10.0 Å². The van der Waals surface area contributed by atoms with Crippen LogP contribution in [-0.2, 0) is 6.42 Å². The van der Waals surface area contributed by atoms with Gasteiger partial charge in [0.2, 0.25) is 0 Å². The Morgan fingerprint density at radius 2 is 2.21 bits per heavy atom. The molecule has 0 aliphatic rings. The lowest BCUT2D eigenvalue weighted by atomic mass is 10.0. The van der Waals surface area contributed by atoms with Gasteiger partial charge in [-0.2, -0.15) is 0 Å². The molecule has 2 aromatic rings. The zero-order valence-electron chi connectivity index (χ0n) is 9.91. The largest absolute Gasteiger partial charge is 0.271 e. The molecule has 0 aliphatic carbocycles. The monoisotopic (exact) mass is 343 g/mol.